The molecular weight excluding hydrogens is 416 g/mol. The first-order chi connectivity index (χ1) is 16.8. The third-order valence-electron chi connectivity index (χ3n) is 7.14. The topological polar surface area (TPSA) is 34.1 Å². The highest BCUT2D eigenvalue weighted by Gasteiger charge is 2.03. The van der Waals surface area contributed by atoms with Gasteiger partial charge in [0.25, 0.3) is 0 Å². The van der Waals surface area contributed by atoms with Crippen LogP contribution in [0.1, 0.15) is 167 Å². The van der Waals surface area contributed by atoms with Gasteiger partial charge in [-0.3, -0.25) is 9.59 Å². The maximum Gasteiger partial charge on any atom is 0.132 e. The van der Waals surface area contributed by atoms with Gasteiger partial charge in [0.2, 0.25) is 0 Å². The molecule has 34 heavy (non-hydrogen) atoms. The second-order valence-electron chi connectivity index (χ2n) is 10.5. The van der Waals surface area contributed by atoms with Gasteiger partial charge < -0.3 is 0 Å². The normalized spacial score (nSPS) is 22.5. The number of hydrogen-bond donors (Lipinski definition) is 0. The number of rotatable bonds is 0. The summed E-state index contributed by atoms with van der Waals surface area (Å²) in [4.78, 5) is 23.1. The van der Waals surface area contributed by atoms with E-state index >= 15 is 0 Å². The second kappa shape index (κ2) is 24.9. The van der Waals surface area contributed by atoms with Crippen LogP contribution in [-0.4, -0.2) is 11.6 Å². The second-order valence-corrected chi connectivity index (χ2v) is 10.5. The Morgan fingerprint density at radius 3 is 0.882 bits per heavy atom. The summed E-state index contributed by atoms with van der Waals surface area (Å²) in [6.07, 6.45) is 40.2. The molecule has 0 saturated carbocycles. The van der Waals surface area contributed by atoms with E-state index in [0.717, 1.165) is 57.8 Å². The van der Waals surface area contributed by atoms with Crippen LogP contribution in [0, 0.1) is 0 Å². The van der Waals surface area contributed by atoms with Gasteiger partial charge in [-0.25, -0.2) is 0 Å². The van der Waals surface area contributed by atoms with Crippen molar-refractivity contribution < 1.29 is 9.59 Å². The van der Waals surface area contributed by atoms with Gasteiger partial charge >= 0.3 is 0 Å². The van der Waals surface area contributed by atoms with Crippen molar-refractivity contribution in [2.24, 2.45) is 0 Å². The Labute approximate surface area is 212 Å². The Bertz CT molecular complexity index is 531. The fourth-order valence-electron chi connectivity index (χ4n) is 4.84. The van der Waals surface area contributed by atoms with Gasteiger partial charge in [-0.1, -0.05) is 94.9 Å². The molecule has 2 heteroatoms. The molecule has 0 aromatic heterocycles. The highest BCUT2D eigenvalue weighted by Crippen LogP contribution is 2.14. The number of ketones is 2. The Kier molecular flexibility index (Phi) is 22.6. The van der Waals surface area contributed by atoms with E-state index in [1.807, 2.05) is 0 Å². The zero-order chi connectivity index (χ0) is 24.4. The van der Waals surface area contributed by atoms with E-state index in [1.54, 1.807) is 0 Å². The van der Waals surface area contributed by atoms with Crippen LogP contribution < -0.4 is 0 Å². The molecule has 0 fully saturated rings. The molecule has 0 N–H and O–H groups in total. The van der Waals surface area contributed by atoms with Gasteiger partial charge in [0.1, 0.15) is 11.6 Å². The Morgan fingerprint density at radius 1 is 0.294 bits per heavy atom. The van der Waals surface area contributed by atoms with Gasteiger partial charge in [0, 0.05) is 25.7 Å². The Balaban J connectivity index is 0.000000340. The lowest BCUT2D eigenvalue weighted by Crippen LogP contribution is -1.97. The number of allylic oxidation sites excluding steroid dienone is 4. The van der Waals surface area contributed by atoms with E-state index in [4.69, 9.17) is 0 Å². The third-order valence-corrected chi connectivity index (χ3v) is 7.14. The summed E-state index contributed by atoms with van der Waals surface area (Å²) in [7, 11) is 0. The summed E-state index contributed by atoms with van der Waals surface area (Å²) < 4.78 is 0. The van der Waals surface area contributed by atoms with E-state index in [-0.39, 0.29) is 0 Å². The van der Waals surface area contributed by atoms with Crippen molar-refractivity contribution in [3.8, 4) is 0 Å². The van der Waals surface area contributed by atoms with Crippen LogP contribution >= 0.6 is 0 Å². The van der Waals surface area contributed by atoms with Gasteiger partial charge in [-0.2, -0.15) is 0 Å². The highest BCUT2D eigenvalue weighted by molar-refractivity contribution is 5.78. The molecule has 0 saturated heterocycles. The molecule has 0 aromatic carbocycles. The summed E-state index contributed by atoms with van der Waals surface area (Å²) in [5.74, 6) is 0.975. The van der Waals surface area contributed by atoms with Crippen LogP contribution in [0.25, 0.3) is 0 Å². The zero-order valence-electron chi connectivity index (χ0n) is 22.5. The first kappa shape index (κ1) is 30.9. The van der Waals surface area contributed by atoms with Crippen molar-refractivity contribution in [2.45, 2.75) is 167 Å². The quantitative estimate of drug-likeness (QED) is 0.328. The molecule has 2 aliphatic carbocycles. The first-order valence-corrected chi connectivity index (χ1v) is 15.1. The van der Waals surface area contributed by atoms with Crippen LogP contribution in [-0.2, 0) is 9.59 Å². The van der Waals surface area contributed by atoms with Gasteiger partial charge in [0.15, 0.2) is 0 Å². The molecule has 0 atom stereocenters. The molecule has 2 nitrogen and oxygen atoms in total. The molecule has 0 unspecified atom stereocenters. The fraction of sp³-hybridized carbons (Fsp3) is 0.812. The predicted molar refractivity (Wildman–Crippen MR) is 148 cm³/mol. The molecule has 0 aliphatic heterocycles. The maximum atomic E-state index is 11.6. The molecular formula is C32H56O2. The van der Waals surface area contributed by atoms with Crippen molar-refractivity contribution >= 4 is 11.6 Å². The minimum absolute atomic E-state index is 0.477. The average Bonchev–Trinajstić information content (AvgIpc) is 2.83. The number of carbonyl (C=O) groups excluding carboxylic acids is 2. The lowest BCUT2D eigenvalue weighted by molar-refractivity contribution is -0.120. The van der Waals surface area contributed by atoms with Gasteiger partial charge in [0.05, 0.1) is 0 Å². The van der Waals surface area contributed by atoms with Gasteiger partial charge in [-0.05, 0) is 70.6 Å². The van der Waals surface area contributed by atoms with Crippen LogP contribution in [0.2, 0.25) is 0 Å². The van der Waals surface area contributed by atoms with Crippen LogP contribution in [0.3, 0.4) is 0 Å². The maximum absolute atomic E-state index is 11.6. The van der Waals surface area contributed by atoms with E-state index in [2.05, 4.69) is 24.3 Å². The van der Waals surface area contributed by atoms with Crippen LogP contribution in [0.4, 0.5) is 0 Å². The number of hydrogen-bond acceptors (Lipinski definition) is 2. The molecule has 0 amide bonds. The van der Waals surface area contributed by atoms with E-state index in [1.165, 1.54) is 109 Å². The van der Waals surface area contributed by atoms with Gasteiger partial charge in [-0.15, -0.1) is 0 Å². The summed E-state index contributed by atoms with van der Waals surface area (Å²) in [6, 6.07) is 0. The minimum atomic E-state index is 0.477. The van der Waals surface area contributed by atoms with E-state index in [9.17, 15) is 9.59 Å². The lowest BCUT2D eigenvalue weighted by Gasteiger charge is -2.03. The summed E-state index contributed by atoms with van der Waals surface area (Å²) in [5, 5.41) is 0. The van der Waals surface area contributed by atoms with Crippen molar-refractivity contribution in [1.29, 1.82) is 0 Å². The van der Waals surface area contributed by atoms with E-state index in [0.29, 0.717) is 11.6 Å². The van der Waals surface area contributed by atoms with Crippen molar-refractivity contribution in [2.75, 3.05) is 0 Å². The average molecular weight is 473 g/mol. The van der Waals surface area contributed by atoms with Crippen LogP contribution in [0.5, 0.6) is 0 Å². The lowest BCUT2D eigenvalue weighted by atomic mass is 10.0. The van der Waals surface area contributed by atoms with Crippen molar-refractivity contribution in [3.05, 3.63) is 24.3 Å². The molecule has 0 spiro atoms. The number of Topliss-reactive ketones (excluding diaryl/α,β-unsaturated/α-hetero) is 2. The Hall–Kier alpha value is -1.18. The Morgan fingerprint density at radius 2 is 0.529 bits per heavy atom. The summed E-state index contributed by atoms with van der Waals surface area (Å²) in [6.45, 7) is 0. The SMILES string of the molecule is O=C1CCCC=CCCCCCCCCCC1.O=C1CCCCCCC=CCCCCCCC1. The predicted octanol–water partition coefficient (Wildman–Crippen LogP) is 10.4. The smallest absolute Gasteiger partial charge is 0.132 e. The fourth-order valence-corrected chi connectivity index (χ4v) is 4.84. The molecule has 0 aromatic rings. The molecule has 0 radical (unpaired) electrons. The summed E-state index contributed by atoms with van der Waals surface area (Å²) >= 11 is 0. The monoisotopic (exact) mass is 472 g/mol. The van der Waals surface area contributed by atoms with Crippen molar-refractivity contribution in [3.63, 3.8) is 0 Å². The van der Waals surface area contributed by atoms with Crippen molar-refractivity contribution in [1.82, 2.24) is 0 Å². The van der Waals surface area contributed by atoms with E-state index < -0.39 is 0 Å². The third kappa shape index (κ3) is 22.6. The molecule has 0 heterocycles. The molecule has 2 rings (SSSR count). The minimum Gasteiger partial charge on any atom is -0.300 e. The summed E-state index contributed by atoms with van der Waals surface area (Å²) in [5.41, 5.74) is 0. The standard InChI is InChI=1S/2C16H28O/c2*17-16-14-12-10-8-6-4-2-1-3-5-7-9-11-13-15-16/h6,8H,1-5,7,9-15H2;1-2H,3-15H2. The first-order valence-electron chi connectivity index (χ1n) is 15.1. The largest absolute Gasteiger partial charge is 0.300 e. The highest BCUT2D eigenvalue weighted by atomic mass is 16.1. The molecule has 2 aliphatic rings. The molecule has 196 valence electrons. The zero-order valence-corrected chi connectivity index (χ0v) is 22.5. The van der Waals surface area contributed by atoms with Crippen LogP contribution in [0.15, 0.2) is 24.3 Å². The molecule has 0 bridgehead atoms. The number of carbonyl (C=O) groups is 2.